The molecule has 0 unspecified atom stereocenters. The molecule has 122 valence electrons. The Hall–Kier alpha value is -2.49. The number of benzene rings is 2. The van der Waals surface area contributed by atoms with Crippen molar-refractivity contribution < 1.29 is 19.7 Å². The summed E-state index contributed by atoms with van der Waals surface area (Å²) in [6.45, 7) is 4.79. The lowest BCUT2D eigenvalue weighted by atomic mass is 9.98. The Morgan fingerprint density at radius 3 is 2.48 bits per heavy atom. The largest absolute Gasteiger partial charge is 0.508 e. The fourth-order valence-corrected chi connectivity index (χ4v) is 2.48. The Morgan fingerprint density at radius 1 is 1.22 bits per heavy atom. The number of rotatable bonds is 3. The van der Waals surface area contributed by atoms with E-state index in [1.807, 2.05) is 6.07 Å². The van der Waals surface area contributed by atoms with Crippen LogP contribution in [0.3, 0.4) is 0 Å². The first-order chi connectivity index (χ1) is 11.0. The molecule has 0 bridgehead atoms. The van der Waals surface area contributed by atoms with Gasteiger partial charge in [-0.25, -0.2) is 0 Å². The number of aromatic hydroxyl groups is 1. The molecule has 1 aliphatic heterocycles. The normalized spacial score (nSPS) is 15.3. The third-order valence-electron chi connectivity index (χ3n) is 3.76. The monoisotopic (exact) mass is 314 g/mol. The Morgan fingerprint density at radius 2 is 1.91 bits per heavy atom. The van der Waals surface area contributed by atoms with Gasteiger partial charge in [-0.05, 0) is 17.5 Å². The van der Waals surface area contributed by atoms with Gasteiger partial charge < -0.3 is 14.9 Å². The minimum absolute atomic E-state index is 0.0672. The van der Waals surface area contributed by atoms with Crippen LogP contribution < -0.4 is 4.74 Å². The van der Waals surface area contributed by atoms with Gasteiger partial charge in [-0.3, -0.25) is 4.79 Å². The molecule has 0 aliphatic carbocycles. The zero-order valence-electron chi connectivity index (χ0n) is 13.4. The smallest absolute Gasteiger partial charge is 0.304 e. The van der Waals surface area contributed by atoms with Crippen LogP contribution in [-0.2, 0) is 4.79 Å². The highest BCUT2D eigenvalue weighted by atomic mass is 16.5. The van der Waals surface area contributed by atoms with Gasteiger partial charge >= 0.3 is 5.97 Å². The molecule has 0 radical (unpaired) electrons. The molecule has 0 amide bonds. The maximum atomic E-state index is 10.5. The molecule has 0 saturated carbocycles. The van der Waals surface area contributed by atoms with Gasteiger partial charge in [0.05, 0.1) is 13.0 Å². The van der Waals surface area contributed by atoms with Crippen LogP contribution in [0.25, 0.3) is 0 Å². The molecule has 1 heterocycles. The summed E-state index contributed by atoms with van der Waals surface area (Å²) in [7, 11) is 0. The molecular weight excluding hydrogens is 292 g/mol. The maximum absolute atomic E-state index is 10.5. The summed E-state index contributed by atoms with van der Waals surface area (Å²) < 4.78 is 5.27. The van der Waals surface area contributed by atoms with Crippen LogP contribution in [0.2, 0.25) is 0 Å². The number of fused-ring (bicyclic) bond motifs is 1. The van der Waals surface area contributed by atoms with E-state index in [0.717, 1.165) is 5.56 Å². The minimum atomic E-state index is -0.834. The molecule has 23 heavy (non-hydrogen) atoms. The fraction of sp³-hybridized carbons (Fsp3) is 0.316. The second kappa shape index (κ2) is 7.68. The molecule has 0 aromatic heterocycles. The van der Waals surface area contributed by atoms with Crippen molar-refractivity contribution in [3.8, 4) is 11.5 Å². The molecule has 4 nitrogen and oxygen atoms in total. The predicted octanol–water partition coefficient (Wildman–Crippen LogP) is 4.15. The summed E-state index contributed by atoms with van der Waals surface area (Å²) >= 11 is 0. The molecule has 1 aliphatic rings. The van der Waals surface area contributed by atoms with Gasteiger partial charge in [0.2, 0.25) is 0 Å². The van der Waals surface area contributed by atoms with Crippen molar-refractivity contribution in [3.63, 3.8) is 0 Å². The zero-order valence-corrected chi connectivity index (χ0v) is 13.4. The Labute approximate surface area is 136 Å². The SMILES string of the molecule is CC(C)c1ccccc1.O=C(O)C[C@@H]1COc2cc(O)ccc21. The second-order valence-corrected chi connectivity index (χ2v) is 5.89. The standard InChI is InChI=1S/C10H10O4.C9H12/c11-7-1-2-8-6(3-10(12)13)5-14-9(8)4-7;1-8(2)9-6-4-3-5-7-9/h1-2,4,6,11H,3,5H2,(H,12,13);3-8H,1-2H3/t6-;/m1./s1. The Kier molecular flexibility index (Phi) is 5.63. The molecule has 0 fully saturated rings. The van der Waals surface area contributed by atoms with E-state index in [4.69, 9.17) is 14.9 Å². The summed E-state index contributed by atoms with van der Waals surface area (Å²) in [5, 5.41) is 17.8. The van der Waals surface area contributed by atoms with Crippen molar-refractivity contribution in [1.82, 2.24) is 0 Å². The highest BCUT2D eigenvalue weighted by Crippen LogP contribution is 2.37. The van der Waals surface area contributed by atoms with Gasteiger partial charge in [-0.15, -0.1) is 0 Å². The van der Waals surface area contributed by atoms with Crippen LogP contribution in [0.1, 0.15) is 43.2 Å². The average Bonchev–Trinajstić information content (AvgIpc) is 2.90. The summed E-state index contributed by atoms with van der Waals surface area (Å²) in [5.74, 6) is 0.463. The van der Waals surface area contributed by atoms with Crippen molar-refractivity contribution in [3.05, 3.63) is 59.7 Å². The number of phenolic OH excluding ortho intramolecular Hbond substituents is 1. The lowest BCUT2D eigenvalue weighted by Crippen LogP contribution is -2.07. The third-order valence-corrected chi connectivity index (χ3v) is 3.76. The van der Waals surface area contributed by atoms with Gasteiger partial charge in [0.15, 0.2) is 0 Å². The number of carboxylic acids is 1. The summed E-state index contributed by atoms with van der Waals surface area (Å²) in [4.78, 5) is 10.5. The predicted molar refractivity (Wildman–Crippen MR) is 89.1 cm³/mol. The van der Waals surface area contributed by atoms with Crippen LogP contribution in [0.5, 0.6) is 11.5 Å². The van der Waals surface area contributed by atoms with Crippen LogP contribution in [0.4, 0.5) is 0 Å². The maximum Gasteiger partial charge on any atom is 0.304 e. The summed E-state index contributed by atoms with van der Waals surface area (Å²) in [6.07, 6.45) is 0.0672. The van der Waals surface area contributed by atoms with Crippen LogP contribution in [0, 0.1) is 0 Å². The molecule has 2 N–H and O–H groups in total. The number of aliphatic carboxylic acids is 1. The van der Waals surface area contributed by atoms with Crippen LogP contribution in [-0.4, -0.2) is 22.8 Å². The molecule has 1 atom stereocenters. The fourth-order valence-electron chi connectivity index (χ4n) is 2.48. The van der Waals surface area contributed by atoms with Gasteiger partial charge in [0.1, 0.15) is 11.5 Å². The molecular formula is C19H22O4. The zero-order chi connectivity index (χ0) is 16.8. The molecule has 3 rings (SSSR count). The molecule has 0 spiro atoms. The van der Waals surface area contributed by atoms with E-state index in [2.05, 4.69) is 38.1 Å². The van der Waals surface area contributed by atoms with Gasteiger partial charge in [0, 0.05) is 17.5 Å². The van der Waals surface area contributed by atoms with Gasteiger partial charge in [-0.2, -0.15) is 0 Å². The number of hydrogen-bond acceptors (Lipinski definition) is 3. The number of carboxylic acid groups (broad SMARTS) is 1. The third kappa shape index (κ3) is 4.74. The Bertz CT molecular complexity index is 650. The molecule has 2 aromatic carbocycles. The lowest BCUT2D eigenvalue weighted by Gasteiger charge is -2.03. The first-order valence-electron chi connectivity index (χ1n) is 7.69. The van der Waals surface area contributed by atoms with Gasteiger partial charge in [0.25, 0.3) is 0 Å². The quantitative estimate of drug-likeness (QED) is 0.893. The topological polar surface area (TPSA) is 66.8 Å². The second-order valence-electron chi connectivity index (χ2n) is 5.89. The van der Waals surface area contributed by atoms with E-state index in [0.29, 0.717) is 18.3 Å². The van der Waals surface area contributed by atoms with E-state index >= 15 is 0 Å². The number of ether oxygens (including phenoxy) is 1. The van der Waals surface area contributed by atoms with E-state index in [1.165, 1.54) is 11.6 Å². The first-order valence-corrected chi connectivity index (χ1v) is 7.69. The van der Waals surface area contributed by atoms with Crippen molar-refractivity contribution in [2.75, 3.05) is 6.61 Å². The van der Waals surface area contributed by atoms with Crippen LogP contribution >= 0.6 is 0 Å². The van der Waals surface area contributed by atoms with Crippen LogP contribution in [0.15, 0.2) is 48.5 Å². The van der Waals surface area contributed by atoms with Crippen molar-refractivity contribution >= 4 is 5.97 Å². The number of hydrogen-bond donors (Lipinski definition) is 2. The average molecular weight is 314 g/mol. The highest BCUT2D eigenvalue weighted by Gasteiger charge is 2.26. The Balaban J connectivity index is 0.000000185. The number of carbonyl (C=O) groups is 1. The molecule has 2 aromatic rings. The summed E-state index contributed by atoms with van der Waals surface area (Å²) in [6, 6.07) is 15.3. The van der Waals surface area contributed by atoms with Crippen molar-refractivity contribution in [2.24, 2.45) is 0 Å². The van der Waals surface area contributed by atoms with Crippen molar-refractivity contribution in [1.29, 1.82) is 0 Å². The minimum Gasteiger partial charge on any atom is -0.508 e. The van der Waals surface area contributed by atoms with E-state index < -0.39 is 5.97 Å². The van der Waals surface area contributed by atoms with Crippen molar-refractivity contribution in [2.45, 2.75) is 32.1 Å². The molecule has 4 heteroatoms. The first kappa shape index (κ1) is 16.9. The lowest BCUT2D eigenvalue weighted by molar-refractivity contribution is -0.137. The molecule has 0 saturated heterocycles. The number of phenols is 1. The van der Waals surface area contributed by atoms with E-state index in [1.54, 1.807) is 12.1 Å². The highest BCUT2D eigenvalue weighted by molar-refractivity contribution is 5.68. The summed E-state index contributed by atoms with van der Waals surface area (Å²) in [5.41, 5.74) is 2.28. The van der Waals surface area contributed by atoms with E-state index in [-0.39, 0.29) is 18.1 Å². The van der Waals surface area contributed by atoms with Gasteiger partial charge in [-0.1, -0.05) is 50.2 Å². The van der Waals surface area contributed by atoms with E-state index in [9.17, 15) is 4.79 Å².